The van der Waals surface area contributed by atoms with Crippen LogP contribution in [0.25, 0.3) is 0 Å². The number of hydrogen-bond donors (Lipinski definition) is 1. The van der Waals surface area contributed by atoms with Crippen LogP contribution in [0.15, 0.2) is 47.6 Å². The van der Waals surface area contributed by atoms with Crippen molar-refractivity contribution < 1.29 is 4.39 Å². The molecular formula is C16H19FN2S. The molecule has 106 valence electrons. The van der Waals surface area contributed by atoms with Gasteiger partial charge in [-0.15, -0.1) is 11.8 Å². The van der Waals surface area contributed by atoms with E-state index in [1.54, 1.807) is 24.0 Å². The largest absolute Gasteiger partial charge is 0.306 e. The Bertz CT molecular complexity index is 542. The van der Waals surface area contributed by atoms with Crippen molar-refractivity contribution >= 4 is 11.8 Å². The van der Waals surface area contributed by atoms with Crippen molar-refractivity contribution in [3.63, 3.8) is 0 Å². The van der Waals surface area contributed by atoms with Crippen LogP contribution in [0, 0.1) is 5.82 Å². The Morgan fingerprint density at radius 2 is 2.00 bits per heavy atom. The van der Waals surface area contributed by atoms with Crippen molar-refractivity contribution in [2.45, 2.75) is 24.3 Å². The van der Waals surface area contributed by atoms with Gasteiger partial charge in [0.15, 0.2) is 0 Å². The average molecular weight is 290 g/mol. The fourth-order valence-corrected chi connectivity index (χ4v) is 2.52. The van der Waals surface area contributed by atoms with Crippen LogP contribution in [0.1, 0.15) is 30.5 Å². The highest BCUT2D eigenvalue weighted by atomic mass is 32.2. The van der Waals surface area contributed by atoms with Crippen LogP contribution in [0.3, 0.4) is 0 Å². The first-order valence-corrected chi connectivity index (χ1v) is 7.95. The number of rotatable bonds is 6. The van der Waals surface area contributed by atoms with E-state index in [1.165, 1.54) is 11.1 Å². The predicted molar refractivity (Wildman–Crippen MR) is 82.6 cm³/mol. The molecule has 0 amide bonds. The van der Waals surface area contributed by atoms with E-state index < -0.39 is 0 Å². The van der Waals surface area contributed by atoms with Gasteiger partial charge in [0, 0.05) is 16.7 Å². The summed E-state index contributed by atoms with van der Waals surface area (Å²) in [6.45, 7) is 2.94. The molecule has 1 N–H and O–H groups in total. The first-order chi connectivity index (χ1) is 9.76. The molecule has 4 heteroatoms. The van der Waals surface area contributed by atoms with Gasteiger partial charge in [-0.25, -0.2) is 4.39 Å². The Labute approximate surface area is 123 Å². The number of hydrogen-bond acceptors (Lipinski definition) is 3. The standard InChI is InChI=1S/C16H19FN2S/c1-3-9-19-16(14-8-10-18-11-15(14)17)12-4-6-13(20-2)7-5-12/h4-8,10-11,16,19H,3,9H2,1-2H3. The van der Waals surface area contributed by atoms with Crippen molar-refractivity contribution in [3.8, 4) is 0 Å². The highest BCUT2D eigenvalue weighted by molar-refractivity contribution is 7.98. The van der Waals surface area contributed by atoms with Crippen molar-refractivity contribution in [3.05, 3.63) is 59.7 Å². The fourth-order valence-electron chi connectivity index (χ4n) is 2.11. The molecule has 1 unspecified atom stereocenters. The number of benzene rings is 1. The second-order valence-corrected chi connectivity index (χ2v) is 5.44. The van der Waals surface area contributed by atoms with E-state index in [-0.39, 0.29) is 11.9 Å². The van der Waals surface area contributed by atoms with Crippen molar-refractivity contribution in [1.82, 2.24) is 10.3 Å². The first kappa shape index (κ1) is 15.0. The van der Waals surface area contributed by atoms with Crippen LogP contribution in [0.4, 0.5) is 4.39 Å². The maximum Gasteiger partial charge on any atom is 0.146 e. The molecule has 0 aliphatic heterocycles. The Kier molecular flexibility index (Phi) is 5.56. The van der Waals surface area contributed by atoms with Crippen molar-refractivity contribution in [2.75, 3.05) is 12.8 Å². The van der Waals surface area contributed by atoms with Gasteiger partial charge < -0.3 is 5.32 Å². The molecule has 2 aromatic rings. The predicted octanol–water partition coefficient (Wildman–Crippen LogP) is 4.03. The lowest BCUT2D eigenvalue weighted by molar-refractivity contribution is 0.543. The third kappa shape index (κ3) is 3.58. The first-order valence-electron chi connectivity index (χ1n) is 6.73. The van der Waals surface area contributed by atoms with Gasteiger partial charge in [0.2, 0.25) is 0 Å². The molecule has 0 spiro atoms. The van der Waals surface area contributed by atoms with Gasteiger partial charge in [-0.2, -0.15) is 0 Å². The second kappa shape index (κ2) is 7.41. The van der Waals surface area contributed by atoms with Crippen LogP contribution in [0.5, 0.6) is 0 Å². The molecule has 1 heterocycles. The maximum atomic E-state index is 14.0. The number of aromatic nitrogens is 1. The average Bonchev–Trinajstić information content (AvgIpc) is 2.50. The van der Waals surface area contributed by atoms with Gasteiger partial charge in [-0.05, 0) is 43.0 Å². The Hall–Kier alpha value is -1.39. The van der Waals surface area contributed by atoms with Crippen LogP contribution >= 0.6 is 11.8 Å². The lowest BCUT2D eigenvalue weighted by atomic mass is 9.99. The molecule has 0 aliphatic carbocycles. The second-order valence-electron chi connectivity index (χ2n) is 4.56. The summed E-state index contributed by atoms with van der Waals surface area (Å²) in [5, 5.41) is 3.41. The number of nitrogens with zero attached hydrogens (tertiary/aromatic N) is 1. The zero-order valence-corrected chi connectivity index (χ0v) is 12.6. The highest BCUT2D eigenvalue weighted by Crippen LogP contribution is 2.26. The molecule has 1 aromatic heterocycles. The molecule has 0 saturated carbocycles. The summed E-state index contributed by atoms with van der Waals surface area (Å²) in [5.74, 6) is -0.268. The van der Waals surface area contributed by atoms with Crippen molar-refractivity contribution in [1.29, 1.82) is 0 Å². The lowest BCUT2D eigenvalue weighted by Crippen LogP contribution is -2.24. The van der Waals surface area contributed by atoms with Gasteiger partial charge >= 0.3 is 0 Å². The summed E-state index contributed by atoms with van der Waals surface area (Å²) in [5.41, 5.74) is 1.71. The molecule has 0 bridgehead atoms. The van der Waals surface area contributed by atoms with E-state index in [9.17, 15) is 4.39 Å². The number of nitrogens with one attached hydrogen (secondary N) is 1. The van der Waals surface area contributed by atoms with Gasteiger partial charge in [-0.1, -0.05) is 19.1 Å². The zero-order valence-electron chi connectivity index (χ0n) is 11.8. The minimum atomic E-state index is -0.268. The molecule has 2 nitrogen and oxygen atoms in total. The third-order valence-corrected chi connectivity index (χ3v) is 3.91. The van der Waals surface area contributed by atoms with E-state index in [1.807, 2.05) is 6.26 Å². The smallest absolute Gasteiger partial charge is 0.146 e. The molecule has 1 aromatic carbocycles. The summed E-state index contributed by atoms with van der Waals surface area (Å²) in [7, 11) is 0. The maximum absolute atomic E-state index is 14.0. The zero-order chi connectivity index (χ0) is 14.4. The van der Waals surface area contributed by atoms with Gasteiger partial charge in [0.05, 0.1) is 12.2 Å². The third-order valence-electron chi connectivity index (χ3n) is 3.16. The summed E-state index contributed by atoms with van der Waals surface area (Å²) in [6, 6.07) is 9.86. The van der Waals surface area contributed by atoms with Gasteiger partial charge in [0.1, 0.15) is 5.82 Å². The Morgan fingerprint density at radius 3 is 2.60 bits per heavy atom. The summed E-state index contributed by atoms with van der Waals surface area (Å²) >= 11 is 1.70. The quantitative estimate of drug-likeness (QED) is 0.813. The minimum absolute atomic E-state index is 0.131. The highest BCUT2D eigenvalue weighted by Gasteiger charge is 2.17. The van der Waals surface area contributed by atoms with E-state index in [2.05, 4.69) is 41.5 Å². The monoisotopic (exact) mass is 290 g/mol. The van der Waals surface area contributed by atoms with Crippen LogP contribution in [-0.2, 0) is 0 Å². The fraction of sp³-hybridized carbons (Fsp3) is 0.312. The molecule has 1 atom stereocenters. The van der Waals surface area contributed by atoms with Gasteiger partial charge in [0.25, 0.3) is 0 Å². The summed E-state index contributed by atoms with van der Waals surface area (Å²) in [4.78, 5) is 5.03. The normalized spacial score (nSPS) is 12.3. The lowest BCUT2D eigenvalue weighted by Gasteiger charge is -2.20. The molecular weight excluding hydrogens is 271 g/mol. The Morgan fingerprint density at radius 1 is 1.25 bits per heavy atom. The summed E-state index contributed by atoms with van der Waals surface area (Å²) in [6.07, 6.45) is 5.96. The van der Waals surface area contributed by atoms with Crippen LogP contribution < -0.4 is 5.32 Å². The molecule has 0 aliphatic rings. The minimum Gasteiger partial charge on any atom is -0.306 e. The SMILES string of the molecule is CCCNC(c1ccc(SC)cc1)c1ccncc1F. The van der Waals surface area contributed by atoms with Gasteiger partial charge in [-0.3, -0.25) is 4.98 Å². The van der Waals surface area contributed by atoms with E-state index >= 15 is 0 Å². The number of halogens is 1. The van der Waals surface area contributed by atoms with E-state index in [0.29, 0.717) is 5.56 Å². The number of pyridine rings is 1. The molecule has 0 radical (unpaired) electrons. The summed E-state index contributed by atoms with van der Waals surface area (Å²) < 4.78 is 14.0. The van der Waals surface area contributed by atoms with E-state index in [0.717, 1.165) is 18.5 Å². The van der Waals surface area contributed by atoms with E-state index in [4.69, 9.17) is 0 Å². The molecule has 0 saturated heterocycles. The molecule has 0 fully saturated rings. The number of thioether (sulfide) groups is 1. The van der Waals surface area contributed by atoms with Crippen LogP contribution in [0.2, 0.25) is 0 Å². The van der Waals surface area contributed by atoms with Crippen LogP contribution in [-0.4, -0.2) is 17.8 Å². The van der Waals surface area contributed by atoms with Crippen molar-refractivity contribution in [2.24, 2.45) is 0 Å². The molecule has 2 rings (SSSR count). The molecule has 20 heavy (non-hydrogen) atoms. The topological polar surface area (TPSA) is 24.9 Å². The Balaban J connectivity index is 2.33.